The Morgan fingerprint density at radius 2 is 1.82 bits per heavy atom. The minimum absolute atomic E-state index is 0.0128. The van der Waals surface area contributed by atoms with Crippen LogP contribution in [-0.2, 0) is 13.6 Å². The van der Waals surface area contributed by atoms with Gasteiger partial charge in [0.1, 0.15) is 5.56 Å². The van der Waals surface area contributed by atoms with E-state index in [2.05, 4.69) is 29.1 Å². The summed E-state index contributed by atoms with van der Waals surface area (Å²) in [5.74, 6) is -0.625. The number of nitrogens with two attached hydrogens (primary N) is 1. The van der Waals surface area contributed by atoms with E-state index in [1.54, 1.807) is 0 Å². The van der Waals surface area contributed by atoms with Gasteiger partial charge in [0.15, 0.2) is 5.84 Å². The van der Waals surface area contributed by atoms with Gasteiger partial charge < -0.3 is 5.73 Å². The Bertz CT molecular complexity index is 684. The second kappa shape index (κ2) is 9.37. The summed E-state index contributed by atoms with van der Waals surface area (Å²) in [4.78, 5) is 38.5. The largest absolute Gasteiger partial charge is 0.365 e. The van der Waals surface area contributed by atoms with Crippen LogP contribution in [-0.4, -0.2) is 35.0 Å². The Labute approximate surface area is 128 Å². The van der Waals surface area contributed by atoms with Gasteiger partial charge >= 0.3 is 5.69 Å². The van der Waals surface area contributed by atoms with Gasteiger partial charge in [-0.15, -0.1) is 5.11 Å². The fraction of sp³-hybridized carbons (Fsp3) is 0.538. The van der Waals surface area contributed by atoms with E-state index >= 15 is 0 Å². The van der Waals surface area contributed by atoms with E-state index in [-0.39, 0.29) is 17.9 Å². The summed E-state index contributed by atoms with van der Waals surface area (Å²) >= 11 is 0. The topological polar surface area (TPSA) is 124 Å². The van der Waals surface area contributed by atoms with Crippen molar-refractivity contribution in [2.45, 2.75) is 26.8 Å². The lowest BCUT2D eigenvalue weighted by Gasteiger charge is -2.08. The lowest BCUT2D eigenvalue weighted by atomic mass is 10.3. The molecule has 1 heterocycles. The van der Waals surface area contributed by atoms with Gasteiger partial charge in [-0.1, -0.05) is 20.3 Å². The summed E-state index contributed by atoms with van der Waals surface area (Å²) in [5.41, 5.74) is 3.48. The fourth-order valence-corrected chi connectivity index (χ4v) is 1.42. The van der Waals surface area contributed by atoms with E-state index in [1.807, 2.05) is 0 Å². The molecule has 0 bridgehead atoms. The van der Waals surface area contributed by atoms with Crippen LogP contribution in [0.3, 0.4) is 0 Å². The zero-order valence-corrected chi connectivity index (χ0v) is 13.5. The van der Waals surface area contributed by atoms with Crippen LogP contribution in [0.2, 0.25) is 0 Å². The number of carbonyl (C=O) groups is 1. The van der Waals surface area contributed by atoms with E-state index in [0.29, 0.717) is 0 Å². The maximum absolute atomic E-state index is 11.9. The van der Waals surface area contributed by atoms with E-state index in [9.17, 15) is 14.4 Å². The first-order valence-electron chi connectivity index (χ1n) is 6.69. The first kappa shape index (κ1) is 19.4. The van der Waals surface area contributed by atoms with Gasteiger partial charge in [0, 0.05) is 27.3 Å². The van der Waals surface area contributed by atoms with Crippen LogP contribution < -0.4 is 17.0 Å². The lowest BCUT2D eigenvalue weighted by molar-refractivity contribution is 0.0997. The molecule has 0 aliphatic carbocycles. The van der Waals surface area contributed by atoms with Gasteiger partial charge in [-0.25, -0.2) is 4.79 Å². The van der Waals surface area contributed by atoms with Crippen LogP contribution in [0.25, 0.3) is 0 Å². The molecule has 0 aliphatic heterocycles. The highest BCUT2D eigenvalue weighted by Crippen LogP contribution is 1.92. The quantitative estimate of drug-likeness (QED) is 0.486. The number of rotatable bonds is 3. The number of carbonyl (C=O) groups excluding carboxylic acids is 1. The average Bonchev–Trinajstić information content (AvgIpc) is 2.47. The molecular formula is C13H22N6O3. The number of nitrogens with zero attached hydrogens (tertiary/aromatic N) is 5. The number of aromatic nitrogens is 2. The van der Waals surface area contributed by atoms with Crippen LogP contribution in [0, 0.1) is 0 Å². The Hall–Kier alpha value is -2.58. The molecule has 0 atom stereocenters. The van der Waals surface area contributed by atoms with Crippen molar-refractivity contribution in [3.63, 3.8) is 0 Å². The molecule has 0 saturated heterocycles. The summed E-state index contributed by atoms with van der Waals surface area (Å²) in [6.07, 6.45) is 2.35. The molecule has 0 unspecified atom stereocenters. The predicted octanol–water partition coefficient (Wildman–Crippen LogP) is 0.173. The third-order valence-electron chi connectivity index (χ3n) is 2.40. The summed E-state index contributed by atoms with van der Waals surface area (Å²) in [5, 5.41) is 7.27. The normalized spacial score (nSPS) is 11.2. The van der Waals surface area contributed by atoms with E-state index in [1.165, 1.54) is 27.6 Å². The molecule has 0 radical (unpaired) electrons. The first-order valence-corrected chi connectivity index (χ1v) is 6.69. The molecule has 1 aromatic rings. The number of hydrogen-bond acceptors (Lipinski definition) is 5. The Morgan fingerprint density at radius 1 is 1.27 bits per heavy atom. The standard InChI is InChI=1S/C10H14N6O3.C3H8/c1-12-7(14-13-2)5-16-4-6(8(11)17)9(18)15(3)10(16)19;1-3-2/h4H,5H2,1-3H3,(H2,11,17);3H2,1-2H3. The van der Waals surface area contributed by atoms with Gasteiger partial charge in [-0.3, -0.25) is 23.7 Å². The summed E-state index contributed by atoms with van der Waals surface area (Å²) in [7, 11) is 4.22. The predicted molar refractivity (Wildman–Crippen MR) is 84.6 cm³/mol. The van der Waals surface area contributed by atoms with Gasteiger partial charge in [0.25, 0.3) is 11.5 Å². The van der Waals surface area contributed by atoms with E-state index in [0.717, 1.165) is 15.3 Å². The van der Waals surface area contributed by atoms with Crippen molar-refractivity contribution >= 4 is 11.7 Å². The number of azo groups is 1. The molecular weight excluding hydrogens is 288 g/mol. The van der Waals surface area contributed by atoms with E-state index < -0.39 is 17.2 Å². The highest BCUT2D eigenvalue weighted by Gasteiger charge is 2.13. The number of primary amides is 1. The molecule has 9 heteroatoms. The highest BCUT2D eigenvalue weighted by atomic mass is 16.2. The average molecular weight is 310 g/mol. The van der Waals surface area contributed by atoms with Crippen molar-refractivity contribution in [3.8, 4) is 0 Å². The molecule has 1 aromatic heterocycles. The lowest BCUT2D eigenvalue weighted by Crippen LogP contribution is -2.42. The van der Waals surface area contributed by atoms with Gasteiger partial charge in [-0.2, -0.15) is 5.11 Å². The Balaban J connectivity index is 0.00000135. The van der Waals surface area contributed by atoms with Crippen molar-refractivity contribution in [2.24, 2.45) is 28.0 Å². The number of aliphatic imine (C=N–C) groups is 1. The maximum atomic E-state index is 11.9. The van der Waals surface area contributed by atoms with Crippen LogP contribution in [0.1, 0.15) is 30.6 Å². The van der Waals surface area contributed by atoms with Gasteiger partial charge in [-0.05, 0) is 0 Å². The van der Waals surface area contributed by atoms with Gasteiger partial charge in [0.2, 0.25) is 0 Å². The minimum atomic E-state index is -0.901. The summed E-state index contributed by atoms with van der Waals surface area (Å²) in [6, 6.07) is 0. The van der Waals surface area contributed by atoms with Crippen molar-refractivity contribution in [1.29, 1.82) is 0 Å². The van der Waals surface area contributed by atoms with Crippen molar-refractivity contribution in [3.05, 3.63) is 32.6 Å². The molecule has 0 aromatic carbocycles. The van der Waals surface area contributed by atoms with Gasteiger partial charge in [0.05, 0.1) is 6.54 Å². The second-order valence-corrected chi connectivity index (χ2v) is 4.33. The van der Waals surface area contributed by atoms with Crippen LogP contribution in [0.4, 0.5) is 0 Å². The third-order valence-corrected chi connectivity index (χ3v) is 2.40. The molecule has 22 heavy (non-hydrogen) atoms. The summed E-state index contributed by atoms with van der Waals surface area (Å²) in [6.45, 7) is 4.24. The van der Waals surface area contributed by atoms with Crippen LogP contribution in [0.15, 0.2) is 31.0 Å². The molecule has 0 spiro atoms. The molecule has 0 saturated carbocycles. The zero-order chi connectivity index (χ0) is 17.3. The number of amidine groups is 1. The van der Waals surface area contributed by atoms with E-state index in [4.69, 9.17) is 5.73 Å². The van der Waals surface area contributed by atoms with Crippen LogP contribution >= 0.6 is 0 Å². The molecule has 122 valence electrons. The SMILES string of the molecule is CCC.CN=NC(Cn1cc(C(N)=O)c(=O)n(C)c1=O)=NC. The first-order chi connectivity index (χ1) is 10.3. The zero-order valence-electron chi connectivity index (χ0n) is 13.5. The molecule has 0 fully saturated rings. The monoisotopic (exact) mass is 310 g/mol. The minimum Gasteiger partial charge on any atom is -0.365 e. The molecule has 1 amide bonds. The maximum Gasteiger partial charge on any atom is 0.331 e. The smallest absolute Gasteiger partial charge is 0.331 e. The second-order valence-electron chi connectivity index (χ2n) is 4.33. The van der Waals surface area contributed by atoms with Crippen molar-refractivity contribution in [2.75, 3.05) is 14.1 Å². The van der Waals surface area contributed by atoms with Crippen molar-refractivity contribution < 1.29 is 4.79 Å². The Morgan fingerprint density at radius 3 is 2.23 bits per heavy atom. The molecule has 2 N–H and O–H groups in total. The molecule has 9 nitrogen and oxygen atoms in total. The summed E-state index contributed by atoms with van der Waals surface area (Å²) < 4.78 is 1.93. The molecule has 0 aliphatic rings. The highest BCUT2D eigenvalue weighted by molar-refractivity contribution is 5.92. The van der Waals surface area contributed by atoms with Crippen LogP contribution in [0.5, 0.6) is 0 Å². The number of amides is 1. The Kier molecular flexibility index (Phi) is 8.27. The third kappa shape index (κ3) is 5.08. The van der Waals surface area contributed by atoms with Crippen molar-refractivity contribution in [1.82, 2.24) is 9.13 Å². The number of hydrogen-bond donors (Lipinski definition) is 1. The fourth-order valence-electron chi connectivity index (χ4n) is 1.42. The molecule has 1 rings (SSSR count).